The summed E-state index contributed by atoms with van der Waals surface area (Å²) in [5.41, 5.74) is 9.25. The van der Waals surface area contributed by atoms with Crippen molar-refractivity contribution < 1.29 is 9.18 Å². The first-order valence-corrected chi connectivity index (χ1v) is 8.19. The molecule has 2 nitrogen and oxygen atoms in total. The van der Waals surface area contributed by atoms with E-state index in [1.165, 1.54) is 29.7 Å². The van der Waals surface area contributed by atoms with Crippen LogP contribution in [-0.4, -0.2) is 5.91 Å². The molecule has 3 aromatic rings. The first kappa shape index (κ1) is 18.4. The molecular weight excluding hydrogens is 313 g/mol. The van der Waals surface area contributed by atoms with Crippen LogP contribution in [0.25, 0.3) is 11.1 Å². The van der Waals surface area contributed by atoms with E-state index in [4.69, 9.17) is 0 Å². The Morgan fingerprint density at radius 1 is 0.800 bits per heavy atom. The van der Waals surface area contributed by atoms with Gasteiger partial charge < -0.3 is 5.73 Å². The van der Waals surface area contributed by atoms with E-state index in [1.807, 2.05) is 24.3 Å². The van der Waals surface area contributed by atoms with E-state index in [0.29, 0.717) is 0 Å². The van der Waals surface area contributed by atoms with Gasteiger partial charge in [0.25, 0.3) is 0 Å². The summed E-state index contributed by atoms with van der Waals surface area (Å²) < 4.78 is 13.1. The van der Waals surface area contributed by atoms with E-state index in [0.717, 1.165) is 18.4 Å². The lowest BCUT2D eigenvalue weighted by atomic mass is 10.0. The summed E-state index contributed by atoms with van der Waals surface area (Å²) in [5, 5.41) is 0. The molecule has 25 heavy (non-hydrogen) atoms. The maximum atomic E-state index is 13.1. The molecule has 0 aliphatic carbocycles. The van der Waals surface area contributed by atoms with Crippen LogP contribution in [0.5, 0.6) is 0 Å². The van der Waals surface area contributed by atoms with E-state index < -0.39 is 0 Å². The topological polar surface area (TPSA) is 43.1 Å². The Labute approximate surface area is 148 Å². The molecule has 0 saturated heterocycles. The Hall–Kier alpha value is -2.94. The van der Waals surface area contributed by atoms with Gasteiger partial charge in [-0.2, -0.15) is 0 Å². The smallest absolute Gasteiger partial charge is 0.214 e. The highest BCUT2D eigenvalue weighted by Crippen LogP contribution is 2.20. The third-order valence-electron chi connectivity index (χ3n) is 3.65. The minimum Gasteiger partial charge on any atom is -0.370 e. The van der Waals surface area contributed by atoms with Gasteiger partial charge in [-0.05, 0) is 47.2 Å². The third kappa shape index (κ3) is 6.60. The van der Waals surface area contributed by atoms with Crippen molar-refractivity contribution in [2.24, 2.45) is 5.73 Å². The van der Waals surface area contributed by atoms with Gasteiger partial charge in [-0.15, -0.1) is 0 Å². The van der Waals surface area contributed by atoms with E-state index in [9.17, 15) is 9.18 Å². The lowest BCUT2D eigenvalue weighted by Crippen LogP contribution is -2.01. The first-order valence-electron chi connectivity index (χ1n) is 8.19. The van der Waals surface area contributed by atoms with Crippen molar-refractivity contribution in [1.82, 2.24) is 0 Å². The average Bonchev–Trinajstić information content (AvgIpc) is 2.61. The van der Waals surface area contributed by atoms with Gasteiger partial charge in [0.05, 0.1) is 0 Å². The predicted molar refractivity (Wildman–Crippen MR) is 101 cm³/mol. The van der Waals surface area contributed by atoms with Crippen molar-refractivity contribution in [3.63, 3.8) is 0 Å². The van der Waals surface area contributed by atoms with Gasteiger partial charge in [-0.25, -0.2) is 4.39 Å². The molecule has 0 bridgehead atoms. The summed E-state index contributed by atoms with van der Waals surface area (Å²) in [7, 11) is 0. The zero-order valence-corrected chi connectivity index (χ0v) is 14.3. The number of hydrogen-bond acceptors (Lipinski definition) is 1. The fourth-order valence-electron chi connectivity index (χ4n) is 2.48. The monoisotopic (exact) mass is 335 g/mol. The number of amides is 1. The van der Waals surface area contributed by atoms with E-state index in [1.54, 1.807) is 12.1 Å². The number of primary amides is 1. The number of benzene rings is 3. The molecular formula is C22H22FNO. The van der Waals surface area contributed by atoms with Crippen molar-refractivity contribution in [2.45, 2.75) is 19.8 Å². The van der Waals surface area contributed by atoms with Gasteiger partial charge in [0.2, 0.25) is 5.91 Å². The van der Waals surface area contributed by atoms with Crippen molar-refractivity contribution >= 4 is 5.91 Å². The minimum atomic E-state index is -0.333. The highest BCUT2D eigenvalue weighted by atomic mass is 19.1. The number of hydrogen-bond donors (Lipinski definition) is 1. The second-order valence-electron chi connectivity index (χ2n) is 5.80. The van der Waals surface area contributed by atoms with Crippen LogP contribution in [0, 0.1) is 5.82 Å². The van der Waals surface area contributed by atoms with Crippen LogP contribution in [0.2, 0.25) is 0 Å². The molecule has 0 aliphatic rings. The van der Waals surface area contributed by atoms with E-state index in [-0.39, 0.29) is 11.7 Å². The zero-order valence-electron chi connectivity index (χ0n) is 14.3. The molecule has 0 aliphatic heterocycles. The molecule has 0 spiro atoms. The van der Waals surface area contributed by atoms with Crippen molar-refractivity contribution in [3.8, 4) is 11.1 Å². The molecule has 0 heterocycles. The lowest BCUT2D eigenvalue weighted by molar-refractivity contribution is -0.115. The van der Waals surface area contributed by atoms with Crippen LogP contribution in [0.3, 0.4) is 0 Å². The molecule has 0 fully saturated rings. The molecule has 0 unspecified atom stereocenters. The average molecular weight is 335 g/mol. The Morgan fingerprint density at radius 2 is 1.36 bits per heavy atom. The highest BCUT2D eigenvalue weighted by Gasteiger charge is 2.00. The van der Waals surface area contributed by atoms with Gasteiger partial charge in [-0.3, -0.25) is 4.79 Å². The summed E-state index contributed by atoms with van der Waals surface area (Å²) in [5.74, 6) is -0.494. The number of aryl methyl sites for hydroxylation is 2. The predicted octanol–water partition coefficient (Wildman–Crippen LogP) is 4.77. The van der Waals surface area contributed by atoms with Gasteiger partial charge in [0, 0.05) is 6.92 Å². The maximum Gasteiger partial charge on any atom is 0.214 e. The van der Waals surface area contributed by atoms with Crippen molar-refractivity contribution in [2.75, 3.05) is 0 Å². The fraction of sp³-hybridized carbons (Fsp3) is 0.136. The summed E-state index contributed by atoms with van der Waals surface area (Å²) in [4.78, 5) is 9.22. The number of carbonyl (C=O) groups excluding carboxylic acids is 1. The quantitative estimate of drug-likeness (QED) is 0.733. The van der Waals surface area contributed by atoms with Crippen molar-refractivity contribution in [1.29, 1.82) is 0 Å². The normalized spacial score (nSPS) is 9.84. The first-order chi connectivity index (χ1) is 12.0. The van der Waals surface area contributed by atoms with Gasteiger partial charge in [0.15, 0.2) is 0 Å². The molecule has 3 heteroatoms. The molecule has 3 rings (SSSR count). The van der Waals surface area contributed by atoms with Crippen LogP contribution in [0.1, 0.15) is 18.1 Å². The van der Waals surface area contributed by atoms with Gasteiger partial charge in [-0.1, -0.05) is 66.7 Å². The molecule has 2 N–H and O–H groups in total. The van der Waals surface area contributed by atoms with E-state index in [2.05, 4.69) is 42.1 Å². The van der Waals surface area contributed by atoms with Crippen LogP contribution in [-0.2, 0) is 17.6 Å². The molecule has 1 amide bonds. The number of carbonyl (C=O) groups is 1. The Morgan fingerprint density at radius 3 is 1.96 bits per heavy atom. The molecule has 0 aromatic heterocycles. The molecule has 0 atom stereocenters. The fourth-order valence-corrected chi connectivity index (χ4v) is 2.48. The van der Waals surface area contributed by atoms with E-state index >= 15 is 0 Å². The van der Waals surface area contributed by atoms with Crippen LogP contribution in [0.15, 0.2) is 78.9 Å². The third-order valence-corrected chi connectivity index (χ3v) is 3.65. The number of halogens is 1. The molecule has 0 saturated carbocycles. The maximum absolute atomic E-state index is 13.1. The summed E-state index contributed by atoms with van der Waals surface area (Å²) in [6, 6.07) is 25.8. The standard InChI is InChI=1S/C20H17F.C2H5NO/c21-20-8-4-5-17(15-20)10-9-16-11-13-19(14-12-16)18-6-2-1-3-7-18;1-2(3)4/h1-8,11-15H,9-10H2;1H3,(H2,3,4). The zero-order chi connectivity index (χ0) is 18.1. The van der Waals surface area contributed by atoms with Crippen LogP contribution in [0.4, 0.5) is 4.39 Å². The molecule has 128 valence electrons. The minimum absolute atomic E-state index is 0.160. The summed E-state index contributed by atoms with van der Waals surface area (Å²) >= 11 is 0. The second-order valence-corrected chi connectivity index (χ2v) is 5.80. The highest BCUT2D eigenvalue weighted by molar-refractivity contribution is 5.70. The van der Waals surface area contributed by atoms with Gasteiger partial charge in [0.1, 0.15) is 5.82 Å². The molecule has 0 radical (unpaired) electrons. The van der Waals surface area contributed by atoms with Gasteiger partial charge >= 0.3 is 0 Å². The summed E-state index contributed by atoms with van der Waals surface area (Å²) in [6.07, 6.45) is 1.79. The van der Waals surface area contributed by atoms with Crippen LogP contribution >= 0.6 is 0 Å². The van der Waals surface area contributed by atoms with Crippen molar-refractivity contribution in [3.05, 3.63) is 95.8 Å². The largest absolute Gasteiger partial charge is 0.370 e. The molecule has 3 aromatic carbocycles. The Balaban J connectivity index is 0.000000511. The Bertz CT molecular complexity index is 794. The second kappa shape index (κ2) is 9.38. The number of rotatable bonds is 4. The Kier molecular flexibility index (Phi) is 6.90. The summed E-state index contributed by atoms with van der Waals surface area (Å²) in [6.45, 7) is 1.31. The number of nitrogens with two attached hydrogens (primary N) is 1. The van der Waals surface area contributed by atoms with Crippen LogP contribution < -0.4 is 5.73 Å². The SMILES string of the molecule is CC(N)=O.Fc1cccc(CCc2ccc(-c3ccccc3)cc2)c1. The lowest BCUT2D eigenvalue weighted by Gasteiger charge is -2.05.